The zero-order chi connectivity index (χ0) is 8.53. The van der Waals surface area contributed by atoms with Gasteiger partial charge in [-0.25, -0.2) is 0 Å². The molecule has 0 unspecified atom stereocenters. The van der Waals surface area contributed by atoms with Gasteiger partial charge in [0.15, 0.2) is 0 Å². The molecule has 56 valence electrons. The molecule has 1 aromatic rings. The highest BCUT2D eigenvalue weighted by molar-refractivity contribution is 5.17. The molecule has 0 aliphatic carbocycles. The summed E-state index contributed by atoms with van der Waals surface area (Å²) in [5.74, 6) is 0. The third-order valence-corrected chi connectivity index (χ3v) is 1.13. The van der Waals surface area contributed by atoms with Crippen molar-refractivity contribution in [2.24, 2.45) is 0 Å². The monoisotopic (exact) mass is 145 g/mol. The van der Waals surface area contributed by atoms with Gasteiger partial charge in [0.05, 0.1) is 12.5 Å². The summed E-state index contributed by atoms with van der Waals surface area (Å²) in [7, 11) is 0. The Morgan fingerprint density at radius 2 is 1.73 bits per heavy atom. The Bertz CT molecular complexity index is 220. The van der Waals surface area contributed by atoms with Crippen LogP contribution in [0.25, 0.3) is 0 Å². The molecule has 0 fully saturated rings. The van der Waals surface area contributed by atoms with Crippen molar-refractivity contribution < 1.29 is 0 Å². The van der Waals surface area contributed by atoms with E-state index >= 15 is 0 Å². The maximum Gasteiger partial charge on any atom is 0.0669 e. The Morgan fingerprint density at radius 1 is 1.18 bits per heavy atom. The largest absolute Gasteiger partial charge is 0.198 e. The normalized spacial score (nSPS) is 7.18. The minimum absolute atomic E-state index is 0.515. The van der Waals surface area contributed by atoms with Crippen molar-refractivity contribution >= 4 is 0 Å². The second kappa shape index (κ2) is 6.57. The van der Waals surface area contributed by atoms with Gasteiger partial charge in [0.1, 0.15) is 0 Å². The predicted octanol–water partition coefficient (Wildman–Crippen LogP) is 2.55. The van der Waals surface area contributed by atoms with Crippen LogP contribution in [0.15, 0.2) is 43.5 Å². The first-order chi connectivity index (χ1) is 5.43. The maximum absolute atomic E-state index is 8.27. The minimum Gasteiger partial charge on any atom is -0.198 e. The molecule has 0 atom stereocenters. The van der Waals surface area contributed by atoms with Gasteiger partial charge in [-0.2, -0.15) is 5.26 Å². The summed E-state index contributed by atoms with van der Waals surface area (Å²) in [6.07, 6.45) is 0.515. The van der Waals surface area contributed by atoms with E-state index < -0.39 is 0 Å². The average molecular weight is 145 g/mol. The molecule has 0 heterocycles. The summed E-state index contributed by atoms with van der Waals surface area (Å²) < 4.78 is 0. The van der Waals surface area contributed by atoms with Crippen LogP contribution >= 0.6 is 0 Å². The lowest BCUT2D eigenvalue weighted by atomic mass is 10.2. The van der Waals surface area contributed by atoms with E-state index in [1.807, 2.05) is 30.3 Å². The van der Waals surface area contributed by atoms with Crippen LogP contribution in [0.2, 0.25) is 0 Å². The van der Waals surface area contributed by atoms with Gasteiger partial charge in [-0.05, 0) is 5.56 Å². The molecule has 0 aliphatic heterocycles. The molecular formula is C10H11N. The predicted molar refractivity (Wildman–Crippen MR) is 47.0 cm³/mol. The lowest BCUT2D eigenvalue weighted by Crippen LogP contribution is -1.76. The molecule has 1 heteroatoms. The number of nitriles is 1. The second-order valence-corrected chi connectivity index (χ2v) is 1.82. The van der Waals surface area contributed by atoms with Crippen molar-refractivity contribution in [1.29, 1.82) is 5.26 Å². The molecule has 11 heavy (non-hydrogen) atoms. The highest BCUT2D eigenvalue weighted by Gasteiger charge is 1.84. The quantitative estimate of drug-likeness (QED) is 0.557. The van der Waals surface area contributed by atoms with Crippen LogP contribution < -0.4 is 0 Å². The molecular weight excluding hydrogens is 134 g/mol. The number of hydrogen-bond acceptors (Lipinski definition) is 1. The van der Waals surface area contributed by atoms with E-state index in [0.29, 0.717) is 6.42 Å². The van der Waals surface area contributed by atoms with Crippen LogP contribution in [0.5, 0.6) is 0 Å². The van der Waals surface area contributed by atoms with Crippen LogP contribution in [-0.4, -0.2) is 0 Å². The Kier molecular flexibility index (Phi) is 5.64. The van der Waals surface area contributed by atoms with Gasteiger partial charge in [-0.3, -0.25) is 0 Å². The first kappa shape index (κ1) is 9.45. The number of benzene rings is 1. The Hall–Kier alpha value is -1.55. The summed E-state index contributed by atoms with van der Waals surface area (Å²) in [6, 6.07) is 11.8. The molecule has 0 saturated carbocycles. The van der Waals surface area contributed by atoms with Crippen LogP contribution in [0.4, 0.5) is 0 Å². The fourth-order valence-electron chi connectivity index (χ4n) is 0.687. The summed E-state index contributed by atoms with van der Waals surface area (Å²) in [6.45, 7) is 6.00. The van der Waals surface area contributed by atoms with E-state index in [9.17, 15) is 0 Å². The molecule has 0 bridgehead atoms. The summed E-state index contributed by atoms with van der Waals surface area (Å²) in [5.41, 5.74) is 1.08. The van der Waals surface area contributed by atoms with Crippen LogP contribution in [-0.2, 0) is 6.42 Å². The zero-order valence-corrected chi connectivity index (χ0v) is 6.46. The molecule has 0 spiro atoms. The fraction of sp³-hybridized carbons (Fsp3) is 0.100. The highest BCUT2D eigenvalue weighted by atomic mass is 14.2. The van der Waals surface area contributed by atoms with E-state index in [2.05, 4.69) is 19.2 Å². The topological polar surface area (TPSA) is 23.8 Å². The Balaban J connectivity index is 0.000000461. The van der Waals surface area contributed by atoms with Gasteiger partial charge < -0.3 is 0 Å². The number of hydrogen-bond donors (Lipinski definition) is 0. The lowest BCUT2D eigenvalue weighted by Gasteiger charge is -1.88. The summed E-state index contributed by atoms with van der Waals surface area (Å²) in [4.78, 5) is 0. The maximum atomic E-state index is 8.27. The number of rotatable bonds is 1. The SMILES string of the molecule is C=C.N#CCc1ccccc1. The molecule has 0 aromatic heterocycles. The van der Waals surface area contributed by atoms with Gasteiger partial charge in [-0.1, -0.05) is 30.3 Å². The summed E-state index contributed by atoms with van der Waals surface area (Å²) in [5, 5.41) is 8.27. The van der Waals surface area contributed by atoms with Crippen LogP contribution in [0.1, 0.15) is 5.56 Å². The Morgan fingerprint density at radius 3 is 2.18 bits per heavy atom. The van der Waals surface area contributed by atoms with Crippen molar-refractivity contribution in [3.8, 4) is 6.07 Å². The minimum atomic E-state index is 0.515. The third-order valence-electron chi connectivity index (χ3n) is 1.13. The molecule has 0 amide bonds. The van der Waals surface area contributed by atoms with Crippen LogP contribution in [0, 0.1) is 11.3 Å². The van der Waals surface area contributed by atoms with Crippen molar-refractivity contribution in [1.82, 2.24) is 0 Å². The smallest absolute Gasteiger partial charge is 0.0669 e. The van der Waals surface area contributed by atoms with Gasteiger partial charge in [-0.15, -0.1) is 13.2 Å². The van der Waals surface area contributed by atoms with Gasteiger partial charge in [0.2, 0.25) is 0 Å². The van der Waals surface area contributed by atoms with Crippen LogP contribution in [0.3, 0.4) is 0 Å². The van der Waals surface area contributed by atoms with Crippen molar-refractivity contribution in [3.63, 3.8) is 0 Å². The first-order valence-corrected chi connectivity index (χ1v) is 3.34. The standard InChI is InChI=1S/C8H7N.C2H4/c9-7-6-8-4-2-1-3-5-8;1-2/h1-5H,6H2;1-2H2. The highest BCUT2D eigenvalue weighted by Crippen LogP contribution is 1.96. The molecule has 1 nitrogen and oxygen atoms in total. The van der Waals surface area contributed by atoms with E-state index in [1.54, 1.807) is 0 Å². The average Bonchev–Trinajstić information content (AvgIpc) is 2.11. The first-order valence-electron chi connectivity index (χ1n) is 3.34. The van der Waals surface area contributed by atoms with Gasteiger partial charge in [0, 0.05) is 0 Å². The molecule has 0 radical (unpaired) electrons. The zero-order valence-electron chi connectivity index (χ0n) is 6.46. The molecule has 0 N–H and O–H groups in total. The molecule has 0 saturated heterocycles. The van der Waals surface area contributed by atoms with Crippen molar-refractivity contribution in [2.75, 3.05) is 0 Å². The number of nitrogens with zero attached hydrogens (tertiary/aromatic N) is 1. The fourth-order valence-corrected chi connectivity index (χ4v) is 0.687. The van der Waals surface area contributed by atoms with Crippen molar-refractivity contribution in [2.45, 2.75) is 6.42 Å². The molecule has 0 aliphatic rings. The second-order valence-electron chi connectivity index (χ2n) is 1.82. The van der Waals surface area contributed by atoms with Crippen molar-refractivity contribution in [3.05, 3.63) is 49.1 Å². The van der Waals surface area contributed by atoms with Gasteiger partial charge >= 0.3 is 0 Å². The summed E-state index contributed by atoms with van der Waals surface area (Å²) >= 11 is 0. The van der Waals surface area contributed by atoms with E-state index in [4.69, 9.17) is 5.26 Å². The van der Waals surface area contributed by atoms with E-state index in [1.165, 1.54) is 0 Å². The molecule has 1 aromatic carbocycles. The van der Waals surface area contributed by atoms with Gasteiger partial charge in [0.25, 0.3) is 0 Å². The molecule has 1 rings (SSSR count). The lowest BCUT2D eigenvalue weighted by molar-refractivity contribution is 1.26. The Labute approximate surface area is 67.6 Å². The van der Waals surface area contributed by atoms with E-state index in [-0.39, 0.29) is 0 Å². The third kappa shape index (κ3) is 3.94. The van der Waals surface area contributed by atoms with E-state index in [0.717, 1.165) is 5.56 Å².